The third kappa shape index (κ3) is 2.39. The Morgan fingerprint density at radius 3 is 2.14 bits per heavy atom. The Morgan fingerprint density at radius 1 is 0.786 bits per heavy atom. The molecule has 2 heterocycles. The first kappa shape index (κ1) is 17.1. The quantitative estimate of drug-likeness (QED) is 0.280. The molecule has 3 nitrogen and oxygen atoms in total. The second-order valence-corrected chi connectivity index (χ2v) is 8.06. The lowest BCUT2D eigenvalue weighted by Crippen LogP contribution is -2.32. The SMILES string of the molecule is CC(C)c1cccc(C(C)C)c1-n1[c-][n+]2c3c(cccc31)Oc1ccccc1-2. The predicted molar refractivity (Wildman–Crippen MR) is 112 cm³/mol. The Hall–Kier alpha value is -3.07. The van der Waals surface area contributed by atoms with Crippen LogP contribution in [0.5, 0.6) is 11.5 Å². The monoisotopic (exact) mass is 368 g/mol. The number of para-hydroxylation sites is 4. The molecule has 5 rings (SSSR count). The number of hydrogen-bond donors (Lipinski definition) is 0. The molecular formula is C25H24N2O. The third-order valence-corrected chi connectivity index (χ3v) is 5.53. The van der Waals surface area contributed by atoms with Crippen molar-refractivity contribution >= 4 is 11.0 Å². The fourth-order valence-electron chi connectivity index (χ4n) is 4.16. The average Bonchev–Trinajstić information content (AvgIpc) is 3.08. The van der Waals surface area contributed by atoms with Crippen molar-refractivity contribution in [3.63, 3.8) is 0 Å². The van der Waals surface area contributed by atoms with Gasteiger partial charge in [0.25, 0.3) is 6.33 Å². The van der Waals surface area contributed by atoms with Crippen LogP contribution in [0.15, 0.2) is 60.7 Å². The average molecular weight is 368 g/mol. The normalized spacial score (nSPS) is 12.5. The fourth-order valence-corrected chi connectivity index (χ4v) is 4.16. The van der Waals surface area contributed by atoms with Crippen molar-refractivity contribution in [3.05, 3.63) is 78.1 Å². The van der Waals surface area contributed by atoms with Crippen molar-refractivity contribution in [2.24, 2.45) is 0 Å². The van der Waals surface area contributed by atoms with Crippen LogP contribution < -0.4 is 9.30 Å². The van der Waals surface area contributed by atoms with Gasteiger partial charge in [-0.05, 0) is 41.2 Å². The van der Waals surface area contributed by atoms with Crippen molar-refractivity contribution in [2.45, 2.75) is 39.5 Å². The molecule has 0 atom stereocenters. The smallest absolute Gasteiger partial charge is 0.270 e. The lowest BCUT2D eigenvalue weighted by molar-refractivity contribution is -0.575. The van der Waals surface area contributed by atoms with Crippen molar-refractivity contribution in [3.8, 4) is 22.9 Å². The molecule has 0 aliphatic carbocycles. The van der Waals surface area contributed by atoms with Crippen molar-refractivity contribution in [1.29, 1.82) is 0 Å². The molecule has 0 bridgehead atoms. The number of imidazole rings is 1. The molecule has 0 spiro atoms. The van der Waals surface area contributed by atoms with Crippen LogP contribution in [-0.4, -0.2) is 4.57 Å². The molecule has 1 aromatic heterocycles. The van der Waals surface area contributed by atoms with Gasteiger partial charge in [0.05, 0.1) is 11.2 Å². The van der Waals surface area contributed by atoms with E-state index >= 15 is 0 Å². The zero-order valence-corrected chi connectivity index (χ0v) is 16.7. The molecule has 3 aromatic carbocycles. The largest absolute Gasteiger partial charge is 0.465 e. The van der Waals surface area contributed by atoms with E-state index in [1.54, 1.807) is 0 Å². The Balaban J connectivity index is 1.89. The minimum atomic E-state index is 0.421. The number of nitrogens with zero attached hydrogens (tertiary/aromatic N) is 2. The molecule has 0 amide bonds. The molecule has 1 aliphatic heterocycles. The second-order valence-electron chi connectivity index (χ2n) is 8.06. The van der Waals surface area contributed by atoms with Gasteiger partial charge in [0.1, 0.15) is 22.7 Å². The molecule has 0 fully saturated rings. The van der Waals surface area contributed by atoms with Gasteiger partial charge in [-0.15, -0.1) is 0 Å². The van der Waals surface area contributed by atoms with Gasteiger partial charge in [-0.3, -0.25) is 9.13 Å². The third-order valence-electron chi connectivity index (χ3n) is 5.53. The number of benzene rings is 3. The summed E-state index contributed by atoms with van der Waals surface area (Å²) in [6.45, 7) is 9.02. The standard InChI is InChI=1S/C25H24N2O/c1-16(2)18-9-7-10-19(17(3)4)24(18)27-15-26-20-11-5-6-13-22(20)28-23-14-8-12-21(27)25(23)26/h5-14,16-17H,1-4H3. The Labute approximate surface area is 165 Å². The van der Waals surface area contributed by atoms with Gasteiger partial charge < -0.3 is 4.74 Å². The van der Waals surface area contributed by atoms with Gasteiger partial charge >= 0.3 is 0 Å². The van der Waals surface area contributed by atoms with Gasteiger partial charge in [0, 0.05) is 0 Å². The Morgan fingerprint density at radius 2 is 1.43 bits per heavy atom. The van der Waals surface area contributed by atoms with Crippen LogP contribution in [0.1, 0.15) is 50.7 Å². The van der Waals surface area contributed by atoms with Gasteiger partial charge in [-0.1, -0.05) is 70.2 Å². The van der Waals surface area contributed by atoms with E-state index in [9.17, 15) is 0 Å². The Kier molecular flexibility index (Phi) is 3.80. The minimum absolute atomic E-state index is 0.421. The molecule has 0 unspecified atom stereocenters. The van der Waals surface area contributed by atoms with E-state index in [1.165, 1.54) is 16.8 Å². The minimum Gasteiger partial charge on any atom is -0.465 e. The van der Waals surface area contributed by atoms with Crippen LogP contribution in [0, 0.1) is 6.33 Å². The summed E-state index contributed by atoms with van der Waals surface area (Å²) in [4.78, 5) is 0. The summed E-state index contributed by atoms with van der Waals surface area (Å²) in [7, 11) is 0. The Bertz CT molecular complexity index is 1170. The fraction of sp³-hybridized carbons (Fsp3) is 0.240. The zero-order chi connectivity index (χ0) is 19.4. The second kappa shape index (κ2) is 6.23. The molecule has 0 radical (unpaired) electrons. The highest BCUT2D eigenvalue weighted by Crippen LogP contribution is 2.38. The van der Waals surface area contributed by atoms with E-state index in [-0.39, 0.29) is 0 Å². The molecule has 28 heavy (non-hydrogen) atoms. The van der Waals surface area contributed by atoms with E-state index in [0.717, 1.165) is 28.2 Å². The van der Waals surface area contributed by atoms with Crippen LogP contribution in [0.25, 0.3) is 22.4 Å². The summed E-state index contributed by atoms with van der Waals surface area (Å²) in [6, 6.07) is 21.1. The van der Waals surface area contributed by atoms with Gasteiger partial charge in [0.2, 0.25) is 0 Å². The molecule has 0 saturated heterocycles. The van der Waals surface area contributed by atoms with Crippen LogP contribution >= 0.6 is 0 Å². The van der Waals surface area contributed by atoms with E-state index in [2.05, 4.69) is 79.6 Å². The predicted octanol–water partition coefficient (Wildman–Crippen LogP) is 6.06. The van der Waals surface area contributed by atoms with Crippen molar-refractivity contribution in [1.82, 2.24) is 4.57 Å². The summed E-state index contributed by atoms with van der Waals surface area (Å²) in [6.07, 6.45) is 3.65. The molecule has 3 heteroatoms. The summed E-state index contributed by atoms with van der Waals surface area (Å²) in [5, 5.41) is 0. The van der Waals surface area contributed by atoms with Crippen LogP contribution in [0.3, 0.4) is 0 Å². The lowest BCUT2D eigenvalue weighted by Gasteiger charge is -2.20. The number of fused-ring (bicyclic) bond motifs is 2. The van der Waals surface area contributed by atoms with Gasteiger partial charge in [-0.25, -0.2) is 0 Å². The van der Waals surface area contributed by atoms with E-state index in [0.29, 0.717) is 11.8 Å². The van der Waals surface area contributed by atoms with Crippen LogP contribution in [0.2, 0.25) is 0 Å². The van der Waals surface area contributed by atoms with Crippen molar-refractivity contribution < 1.29 is 9.30 Å². The molecule has 140 valence electrons. The van der Waals surface area contributed by atoms with E-state index in [1.807, 2.05) is 24.3 Å². The highest BCUT2D eigenvalue weighted by molar-refractivity contribution is 5.83. The number of rotatable bonds is 3. The highest BCUT2D eigenvalue weighted by Gasteiger charge is 2.25. The first-order valence-corrected chi connectivity index (χ1v) is 9.95. The van der Waals surface area contributed by atoms with Crippen LogP contribution in [-0.2, 0) is 0 Å². The van der Waals surface area contributed by atoms with Crippen molar-refractivity contribution in [2.75, 3.05) is 0 Å². The maximum atomic E-state index is 6.20. The maximum absolute atomic E-state index is 6.20. The molecule has 1 aliphatic rings. The summed E-state index contributed by atoms with van der Waals surface area (Å²) < 4.78 is 10.6. The highest BCUT2D eigenvalue weighted by atomic mass is 16.5. The van der Waals surface area contributed by atoms with Crippen LogP contribution in [0.4, 0.5) is 0 Å². The summed E-state index contributed by atoms with van der Waals surface area (Å²) >= 11 is 0. The topological polar surface area (TPSA) is 18.0 Å². The number of aromatic nitrogens is 2. The first-order chi connectivity index (χ1) is 13.6. The molecule has 0 N–H and O–H groups in total. The number of ether oxygens (including phenoxy) is 1. The number of hydrogen-bond acceptors (Lipinski definition) is 1. The van der Waals surface area contributed by atoms with Gasteiger partial charge in [0.15, 0.2) is 0 Å². The molecular weight excluding hydrogens is 344 g/mol. The van der Waals surface area contributed by atoms with E-state index in [4.69, 9.17) is 4.74 Å². The van der Waals surface area contributed by atoms with E-state index < -0.39 is 0 Å². The molecule has 4 aromatic rings. The first-order valence-electron chi connectivity index (χ1n) is 9.95. The summed E-state index contributed by atoms with van der Waals surface area (Å²) in [5.41, 5.74) is 7.12. The lowest BCUT2D eigenvalue weighted by atomic mass is 9.92. The molecule has 0 saturated carbocycles. The maximum Gasteiger partial charge on any atom is 0.270 e. The van der Waals surface area contributed by atoms with Gasteiger partial charge in [-0.2, -0.15) is 0 Å². The summed E-state index contributed by atoms with van der Waals surface area (Å²) in [5.74, 6) is 2.58. The zero-order valence-electron chi connectivity index (χ0n) is 16.7.